The van der Waals surface area contributed by atoms with Crippen molar-refractivity contribution in [3.05, 3.63) is 76.0 Å². The van der Waals surface area contributed by atoms with E-state index < -0.39 is 11.8 Å². The smallest absolute Gasteiger partial charge is 0.315 e. The lowest BCUT2D eigenvalue weighted by Crippen LogP contribution is -2.38. The Morgan fingerprint density at radius 3 is 2.33 bits per heavy atom. The van der Waals surface area contributed by atoms with Crippen molar-refractivity contribution < 1.29 is 19.1 Å². The topological polar surface area (TPSA) is 65.0 Å². The summed E-state index contributed by atoms with van der Waals surface area (Å²) in [5.74, 6) is -0.528. The Morgan fingerprint density at radius 2 is 1.67 bits per heavy atom. The minimum absolute atomic E-state index is 0.0311. The number of hydrogen-bond acceptors (Lipinski definition) is 5. The molecule has 0 radical (unpaired) electrons. The van der Waals surface area contributed by atoms with Gasteiger partial charge in [-0.2, -0.15) is 0 Å². The van der Waals surface area contributed by atoms with E-state index in [1.807, 2.05) is 55.5 Å². The highest BCUT2D eigenvalue weighted by Gasteiger charge is 2.44. The average molecular weight is 508 g/mol. The van der Waals surface area contributed by atoms with E-state index in [4.69, 9.17) is 26.1 Å². The molecule has 1 aliphatic heterocycles. The molecule has 0 amide bonds. The zero-order valence-electron chi connectivity index (χ0n) is 21.3. The number of halogens is 1. The summed E-state index contributed by atoms with van der Waals surface area (Å²) >= 11 is 6.08. The van der Waals surface area contributed by atoms with Gasteiger partial charge in [0.25, 0.3) is 0 Å². The molecule has 0 N–H and O–H groups in total. The van der Waals surface area contributed by atoms with Crippen molar-refractivity contribution in [3.63, 3.8) is 0 Å². The summed E-state index contributed by atoms with van der Waals surface area (Å²) in [7, 11) is 0. The Labute approximate surface area is 218 Å². The number of rotatable bonds is 9. The van der Waals surface area contributed by atoms with Crippen LogP contribution in [0.25, 0.3) is 0 Å². The Bertz CT molecular complexity index is 1150. The fourth-order valence-corrected chi connectivity index (χ4v) is 5.22. The Balaban J connectivity index is 1.71. The van der Waals surface area contributed by atoms with Crippen LogP contribution >= 0.6 is 11.6 Å². The van der Waals surface area contributed by atoms with Crippen LogP contribution in [0.15, 0.2) is 64.8 Å². The van der Waals surface area contributed by atoms with Gasteiger partial charge in [0, 0.05) is 34.3 Å². The summed E-state index contributed by atoms with van der Waals surface area (Å²) in [5, 5.41) is 0.670. The van der Waals surface area contributed by atoms with Gasteiger partial charge in [-0.1, -0.05) is 56.1 Å². The fraction of sp³-hybridized carbons (Fsp3) is 0.433. The molecule has 2 aliphatic rings. The average Bonchev–Trinajstić information content (AvgIpc) is 2.87. The molecule has 0 fully saturated rings. The normalized spacial score (nSPS) is 21.6. The molecule has 4 rings (SSSR count). The van der Waals surface area contributed by atoms with Crippen molar-refractivity contribution in [1.29, 1.82) is 0 Å². The molecule has 36 heavy (non-hydrogen) atoms. The van der Waals surface area contributed by atoms with E-state index in [0.29, 0.717) is 42.4 Å². The van der Waals surface area contributed by atoms with E-state index in [-0.39, 0.29) is 17.7 Å². The third kappa shape index (κ3) is 5.73. The molecule has 0 saturated carbocycles. The molecule has 0 saturated heterocycles. The third-order valence-corrected chi connectivity index (χ3v) is 7.19. The van der Waals surface area contributed by atoms with Crippen LogP contribution in [0.2, 0.25) is 5.02 Å². The molecule has 2 aromatic carbocycles. The summed E-state index contributed by atoms with van der Waals surface area (Å²) in [5.41, 5.74) is 4.08. The number of aliphatic imine (C=N–C) groups is 1. The Kier molecular flexibility index (Phi) is 8.63. The van der Waals surface area contributed by atoms with Crippen LogP contribution in [0.1, 0.15) is 75.8 Å². The lowest BCUT2D eigenvalue weighted by Gasteiger charge is -2.36. The maximum atomic E-state index is 13.7. The van der Waals surface area contributed by atoms with Gasteiger partial charge in [-0.3, -0.25) is 14.6 Å². The third-order valence-electron chi connectivity index (χ3n) is 6.94. The first-order valence-electron chi connectivity index (χ1n) is 12.9. The number of benzene rings is 2. The van der Waals surface area contributed by atoms with Crippen molar-refractivity contribution in [2.75, 3.05) is 13.2 Å². The van der Waals surface area contributed by atoms with Crippen LogP contribution in [0, 0.1) is 5.92 Å². The molecule has 1 heterocycles. The lowest BCUT2D eigenvalue weighted by molar-refractivity contribution is -0.146. The summed E-state index contributed by atoms with van der Waals surface area (Å²) in [6.07, 6.45) is 3.68. The Hall–Kier alpha value is -2.92. The van der Waals surface area contributed by atoms with Crippen molar-refractivity contribution >= 4 is 29.1 Å². The van der Waals surface area contributed by atoms with Gasteiger partial charge in [0.2, 0.25) is 0 Å². The van der Waals surface area contributed by atoms with Gasteiger partial charge in [-0.25, -0.2) is 0 Å². The zero-order chi connectivity index (χ0) is 25.7. The predicted octanol–water partition coefficient (Wildman–Crippen LogP) is 7.05. The van der Waals surface area contributed by atoms with E-state index in [0.717, 1.165) is 41.8 Å². The van der Waals surface area contributed by atoms with E-state index in [1.165, 1.54) is 0 Å². The number of esters is 1. The molecule has 0 bridgehead atoms. The van der Waals surface area contributed by atoms with Crippen molar-refractivity contribution in [2.45, 2.75) is 64.7 Å². The summed E-state index contributed by atoms with van der Waals surface area (Å²) in [6, 6.07) is 15.4. The molecule has 6 heteroatoms. The van der Waals surface area contributed by atoms with Gasteiger partial charge < -0.3 is 9.47 Å². The molecule has 3 atom stereocenters. The number of allylic oxidation sites excluding steroid dienone is 2. The maximum Gasteiger partial charge on any atom is 0.315 e. The Morgan fingerprint density at radius 1 is 0.972 bits per heavy atom. The highest BCUT2D eigenvalue weighted by atomic mass is 35.5. The second-order valence-corrected chi connectivity index (χ2v) is 10.0. The number of carbonyl (C=O) groups is 2. The molecule has 1 aliphatic carbocycles. The van der Waals surface area contributed by atoms with Crippen LogP contribution in [0.3, 0.4) is 0 Å². The largest absolute Gasteiger partial charge is 0.494 e. The molecule has 2 aromatic rings. The quantitative estimate of drug-likeness (QED) is 0.269. The molecule has 0 aromatic heterocycles. The predicted molar refractivity (Wildman–Crippen MR) is 143 cm³/mol. The van der Waals surface area contributed by atoms with Gasteiger partial charge >= 0.3 is 5.97 Å². The SMILES string of the molecule is CCCCOC(=O)C1C(C)=NC2=C(C(=O)CC(c3ccc(Cl)cc3)C2)C1c1ccc(OCCC)cc1. The summed E-state index contributed by atoms with van der Waals surface area (Å²) in [6.45, 7) is 7.00. The maximum absolute atomic E-state index is 13.7. The van der Waals surface area contributed by atoms with Crippen LogP contribution in [0.4, 0.5) is 0 Å². The fourth-order valence-electron chi connectivity index (χ4n) is 5.09. The monoisotopic (exact) mass is 507 g/mol. The highest BCUT2D eigenvalue weighted by Crippen LogP contribution is 2.47. The number of unbranched alkanes of at least 4 members (excludes halogenated alkanes) is 1. The molecular weight excluding hydrogens is 474 g/mol. The van der Waals surface area contributed by atoms with E-state index in [2.05, 4.69) is 13.8 Å². The highest BCUT2D eigenvalue weighted by molar-refractivity contribution is 6.30. The number of carbonyl (C=O) groups excluding carboxylic acids is 2. The van der Waals surface area contributed by atoms with Crippen molar-refractivity contribution in [1.82, 2.24) is 0 Å². The molecular formula is C30H34ClNO4. The summed E-state index contributed by atoms with van der Waals surface area (Å²) < 4.78 is 11.4. The van der Waals surface area contributed by atoms with Gasteiger partial charge in [0.1, 0.15) is 11.7 Å². The molecule has 3 unspecified atom stereocenters. The minimum Gasteiger partial charge on any atom is -0.494 e. The van der Waals surface area contributed by atoms with Gasteiger partial charge in [-0.15, -0.1) is 0 Å². The lowest BCUT2D eigenvalue weighted by atomic mass is 9.69. The first-order chi connectivity index (χ1) is 17.4. The number of ketones is 1. The number of ether oxygens (including phenoxy) is 2. The number of Topliss-reactive ketones (excluding diaryl/α,β-unsaturated/α-hetero) is 1. The standard InChI is InChI=1S/C30H34ClNO4/c1-4-6-16-36-30(34)27-19(3)32-25-17-22(20-7-11-23(31)12-8-20)18-26(33)29(25)28(27)21-9-13-24(14-10-21)35-15-5-2/h7-14,22,27-28H,4-6,15-18H2,1-3H3. The second-order valence-electron chi connectivity index (χ2n) is 9.59. The first-order valence-corrected chi connectivity index (χ1v) is 13.3. The number of hydrogen-bond donors (Lipinski definition) is 0. The summed E-state index contributed by atoms with van der Waals surface area (Å²) in [4.78, 5) is 31.8. The number of nitrogens with zero attached hydrogens (tertiary/aromatic N) is 1. The zero-order valence-corrected chi connectivity index (χ0v) is 22.0. The van der Waals surface area contributed by atoms with Crippen LogP contribution in [-0.2, 0) is 14.3 Å². The van der Waals surface area contributed by atoms with E-state index in [9.17, 15) is 9.59 Å². The molecule has 190 valence electrons. The van der Waals surface area contributed by atoms with Crippen molar-refractivity contribution in [3.8, 4) is 5.75 Å². The minimum atomic E-state index is -0.626. The second kappa shape index (κ2) is 11.9. The van der Waals surface area contributed by atoms with Crippen molar-refractivity contribution in [2.24, 2.45) is 10.9 Å². The van der Waals surface area contributed by atoms with Gasteiger partial charge in [0.05, 0.1) is 13.2 Å². The first kappa shape index (κ1) is 26.2. The van der Waals surface area contributed by atoms with Gasteiger partial charge in [-0.05, 0) is 67.5 Å². The van der Waals surface area contributed by atoms with E-state index >= 15 is 0 Å². The van der Waals surface area contributed by atoms with Gasteiger partial charge in [0.15, 0.2) is 5.78 Å². The van der Waals surface area contributed by atoms with Crippen LogP contribution in [0.5, 0.6) is 5.75 Å². The molecule has 0 spiro atoms. The van der Waals surface area contributed by atoms with Crippen LogP contribution in [-0.4, -0.2) is 30.7 Å². The molecule has 5 nitrogen and oxygen atoms in total. The van der Waals surface area contributed by atoms with Crippen LogP contribution < -0.4 is 4.74 Å². The van der Waals surface area contributed by atoms with E-state index in [1.54, 1.807) is 0 Å².